The van der Waals surface area contributed by atoms with E-state index in [1.807, 2.05) is 91.0 Å². The SMILES string of the molecule is c1ccc(O[S+](Oc2ccccc2)Oc2ccccc2)cc1. The van der Waals surface area contributed by atoms with E-state index >= 15 is 0 Å². The third kappa shape index (κ3) is 4.20. The molecule has 0 spiro atoms. The van der Waals surface area contributed by atoms with Crippen LogP contribution < -0.4 is 12.5 Å². The van der Waals surface area contributed by atoms with Crippen molar-refractivity contribution in [3.05, 3.63) is 91.0 Å². The van der Waals surface area contributed by atoms with Crippen LogP contribution in [0, 0.1) is 0 Å². The molecule has 0 heterocycles. The number of rotatable bonds is 6. The molecular formula is C18H15O3S+. The Morgan fingerprint density at radius 2 is 0.682 bits per heavy atom. The first kappa shape index (κ1) is 14.4. The zero-order valence-electron chi connectivity index (χ0n) is 11.8. The summed E-state index contributed by atoms with van der Waals surface area (Å²) in [5, 5.41) is 0. The first-order valence-corrected chi connectivity index (χ1v) is 7.84. The maximum atomic E-state index is 5.81. The van der Waals surface area contributed by atoms with E-state index in [4.69, 9.17) is 12.5 Å². The summed E-state index contributed by atoms with van der Waals surface area (Å²) in [5.41, 5.74) is 0. The minimum Gasteiger partial charge on any atom is -0.203 e. The van der Waals surface area contributed by atoms with Crippen LogP contribution in [0.2, 0.25) is 0 Å². The smallest absolute Gasteiger partial charge is 0.203 e. The van der Waals surface area contributed by atoms with Gasteiger partial charge < -0.3 is 0 Å². The number of benzene rings is 3. The summed E-state index contributed by atoms with van der Waals surface area (Å²) in [5.74, 6) is 2.08. The van der Waals surface area contributed by atoms with Crippen LogP contribution in [-0.2, 0) is 11.7 Å². The van der Waals surface area contributed by atoms with Gasteiger partial charge in [0.1, 0.15) is 0 Å². The molecule has 0 fully saturated rings. The summed E-state index contributed by atoms with van der Waals surface area (Å²) in [6.45, 7) is 0. The van der Waals surface area contributed by atoms with Crippen molar-refractivity contribution in [3.8, 4) is 17.2 Å². The maximum Gasteiger partial charge on any atom is 0.672 e. The molecule has 22 heavy (non-hydrogen) atoms. The Morgan fingerprint density at radius 1 is 0.409 bits per heavy atom. The maximum absolute atomic E-state index is 5.81. The van der Waals surface area contributed by atoms with Gasteiger partial charge in [-0.3, -0.25) is 0 Å². The molecule has 0 unspecified atom stereocenters. The van der Waals surface area contributed by atoms with Crippen molar-refractivity contribution >= 4 is 11.7 Å². The monoisotopic (exact) mass is 311 g/mol. The van der Waals surface area contributed by atoms with Crippen LogP contribution in [0.3, 0.4) is 0 Å². The van der Waals surface area contributed by atoms with Crippen molar-refractivity contribution in [2.24, 2.45) is 0 Å². The summed E-state index contributed by atoms with van der Waals surface area (Å²) in [4.78, 5) is 0. The zero-order chi connectivity index (χ0) is 15.0. The lowest BCUT2D eigenvalue weighted by Crippen LogP contribution is -2.23. The highest BCUT2D eigenvalue weighted by atomic mass is 32.3. The molecule has 0 N–H and O–H groups in total. The quantitative estimate of drug-likeness (QED) is 0.623. The van der Waals surface area contributed by atoms with Crippen molar-refractivity contribution < 1.29 is 12.5 Å². The normalized spacial score (nSPS) is 10.2. The summed E-state index contributed by atoms with van der Waals surface area (Å²) in [6.07, 6.45) is 0. The van der Waals surface area contributed by atoms with E-state index in [1.165, 1.54) is 0 Å². The fourth-order valence-electron chi connectivity index (χ4n) is 1.71. The van der Waals surface area contributed by atoms with Crippen LogP contribution in [0.1, 0.15) is 0 Å². The summed E-state index contributed by atoms with van der Waals surface area (Å²) in [7, 11) is 0. The van der Waals surface area contributed by atoms with Crippen molar-refractivity contribution in [2.75, 3.05) is 0 Å². The number of para-hydroxylation sites is 3. The lowest BCUT2D eigenvalue weighted by molar-refractivity contribution is 0.412. The highest BCUT2D eigenvalue weighted by Crippen LogP contribution is 2.21. The molecule has 4 heteroatoms. The first-order valence-electron chi connectivity index (χ1n) is 6.84. The second-order valence-electron chi connectivity index (χ2n) is 4.39. The standard InChI is InChI=1S/C18H15O3S/c1-4-10-16(11-5-1)19-22(20-17-12-6-2-7-13-17)21-18-14-8-3-9-15-18/h1-15H/q+1. The minimum atomic E-state index is -1.18. The molecule has 0 saturated heterocycles. The first-order chi connectivity index (χ1) is 10.9. The largest absolute Gasteiger partial charge is 0.672 e. The van der Waals surface area contributed by atoms with Crippen LogP contribution in [0.25, 0.3) is 0 Å². The molecule has 0 aliphatic carbocycles. The van der Waals surface area contributed by atoms with Crippen LogP contribution in [0.4, 0.5) is 0 Å². The lowest BCUT2D eigenvalue weighted by Gasteiger charge is -2.04. The second kappa shape index (κ2) is 7.43. The van der Waals surface area contributed by atoms with Gasteiger partial charge in [-0.25, -0.2) is 12.5 Å². The van der Waals surface area contributed by atoms with Gasteiger partial charge in [0.2, 0.25) is 0 Å². The molecule has 110 valence electrons. The second-order valence-corrected chi connectivity index (χ2v) is 5.30. The molecule has 3 aromatic carbocycles. The molecule has 0 aromatic heterocycles. The van der Waals surface area contributed by atoms with Crippen LogP contribution in [0.5, 0.6) is 17.2 Å². The summed E-state index contributed by atoms with van der Waals surface area (Å²) in [6, 6.07) is 28.4. The van der Waals surface area contributed by atoms with Gasteiger partial charge in [0.05, 0.1) is 0 Å². The average molecular weight is 311 g/mol. The van der Waals surface area contributed by atoms with E-state index in [-0.39, 0.29) is 0 Å². The Kier molecular flexibility index (Phi) is 4.85. The molecule has 0 amide bonds. The van der Waals surface area contributed by atoms with E-state index in [2.05, 4.69) is 0 Å². The molecule has 0 atom stereocenters. The van der Waals surface area contributed by atoms with E-state index < -0.39 is 11.7 Å². The van der Waals surface area contributed by atoms with Gasteiger partial charge in [-0.15, -0.1) is 0 Å². The summed E-state index contributed by atoms with van der Waals surface area (Å²) >= 11 is -1.18. The zero-order valence-corrected chi connectivity index (χ0v) is 12.6. The van der Waals surface area contributed by atoms with Gasteiger partial charge in [-0.2, -0.15) is 0 Å². The predicted molar refractivity (Wildman–Crippen MR) is 88.6 cm³/mol. The Hall–Kier alpha value is -2.59. The van der Waals surface area contributed by atoms with Gasteiger partial charge in [0.25, 0.3) is 0 Å². The average Bonchev–Trinajstić information content (AvgIpc) is 2.57. The van der Waals surface area contributed by atoms with Crippen molar-refractivity contribution in [1.82, 2.24) is 0 Å². The minimum absolute atomic E-state index is 0.692. The number of hydrogen-bond acceptors (Lipinski definition) is 3. The van der Waals surface area contributed by atoms with Crippen molar-refractivity contribution in [2.45, 2.75) is 0 Å². The molecule has 3 nitrogen and oxygen atoms in total. The molecule has 3 aromatic rings. The molecule has 0 aliphatic heterocycles. The van der Waals surface area contributed by atoms with E-state index in [9.17, 15) is 0 Å². The van der Waals surface area contributed by atoms with E-state index in [0.29, 0.717) is 17.2 Å². The predicted octanol–water partition coefficient (Wildman–Crippen LogP) is 4.59. The van der Waals surface area contributed by atoms with Gasteiger partial charge in [0.15, 0.2) is 17.2 Å². The molecule has 0 radical (unpaired) electrons. The molecule has 0 aliphatic rings. The lowest BCUT2D eigenvalue weighted by atomic mass is 10.3. The summed E-state index contributed by atoms with van der Waals surface area (Å²) < 4.78 is 17.4. The highest BCUT2D eigenvalue weighted by molar-refractivity contribution is 7.84. The molecular weight excluding hydrogens is 296 g/mol. The Balaban J connectivity index is 1.75. The fraction of sp³-hybridized carbons (Fsp3) is 0. The van der Waals surface area contributed by atoms with Crippen LogP contribution in [-0.4, -0.2) is 0 Å². The Bertz CT molecular complexity index is 576. The van der Waals surface area contributed by atoms with Gasteiger partial charge in [-0.05, 0) is 36.4 Å². The highest BCUT2D eigenvalue weighted by Gasteiger charge is 2.32. The molecule has 3 rings (SSSR count). The topological polar surface area (TPSA) is 27.7 Å². The number of hydrogen-bond donors (Lipinski definition) is 0. The van der Waals surface area contributed by atoms with E-state index in [1.54, 1.807) is 0 Å². The van der Waals surface area contributed by atoms with Crippen molar-refractivity contribution in [1.29, 1.82) is 0 Å². The third-order valence-corrected chi connectivity index (χ3v) is 3.71. The molecule has 0 bridgehead atoms. The third-order valence-electron chi connectivity index (χ3n) is 2.72. The van der Waals surface area contributed by atoms with Gasteiger partial charge >= 0.3 is 11.7 Å². The Morgan fingerprint density at radius 3 is 0.955 bits per heavy atom. The van der Waals surface area contributed by atoms with Crippen LogP contribution >= 0.6 is 0 Å². The van der Waals surface area contributed by atoms with Gasteiger partial charge in [-0.1, -0.05) is 54.6 Å². The Labute approximate surface area is 133 Å². The van der Waals surface area contributed by atoms with Crippen molar-refractivity contribution in [3.63, 3.8) is 0 Å². The molecule has 0 saturated carbocycles. The van der Waals surface area contributed by atoms with Gasteiger partial charge in [0, 0.05) is 0 Å². The van der Waals surface area contributed by atoms with Crippen LogP contribution in [0.15, 0.2) is 91.0 Å². The fourth-order valence-corrected chi connectivity index (χ4v) is 2.62. The van der Waals surface area contributed by atoms with E-state index in [0.717, 1.165) is 0 Å².